The summed E-state index contributed by atoms with van der Waals surface area (Å²) in [6.07, 6.45) is 2.56. The largest absolute Gasteiger partial charge is 0.545 e. The van der Waals surface area contributed by atoms with Gasteiger partial charge < -0.3 is 14.6 Å². The minimum absolute atomic E-state index is 0.0213. The summed E-state index contributed by atoms with van der Waals surface area (Å²) in [6.45, 7) is 10.9. The molecule has 0 aliphatic heterocycles. The lowest BCUT2D eigenvalue weighted by Gasteiger charge is -2.42. The monoisotopic (exact) mass is 455 g/mol. The molecule has 0 bridgehead atoms. The normalized spacial score (nSPS) is 15.9. The number of hydrogen-bond acceptors (Lipinski definition) is 4. The maximum absolute atomic E-state index is 13.2. The quantitative estimate of drug-likeness (QED) is 0.375. The van der Waals surface area contributed by atoms with Crippen molar-refractivity contribution in [1.29, 1.82) is 0 Å². The highest BCUT2D eigenvalue weighted by Gasteiger charge is 2.38. The van der Waals surface area contributed by atoms with Crippen LogP contribution in [0.3, 0.4) is 0 Å². The molecule has 3 aromatic carbocycles. The second kappa shape index (κ2) is 8.75. The SMILES string of the molecule is Cc1cc2c(cc1C(=O)Oc1ccc(C(=O)[O-])c(Cc3ccccc3)c1)C(C)(C)CCC2(C)C. The average Bonchev–Trinajstić information content (AvgIpc) is 2.77. The van der Waals surface area contributed by atoms with E-state index in [0.717, 1.165) is 24.0 Å². The molecule has 0 aromatic heterocycles. The number of ether oxygens (including phenoxy) is 1. The van der Waals surface area contributed by atoms with Crippen LogP contribution in [-0.4, -0.2) is 11.9 Å². The molecular formula is C30H31O4-. The molecule has 0 amide bonds. The van der Waals surface area contributed by atoms with Gasteiger partial charge in [0.25, 0.3) is 0 Å². The van der Waals surface area contributed by atoms with E-state index in [9.17, 15) is 14.7 Å². The zero-order valence-corrected chi connectivity index (χ0v) is 20.5. The zero-order valence-electron chi connectivity index (χ0n) is 20.5. The number of aryl methyl sites for hydroxylation is 1. The molecule has 0 atom stereocenters. The molecule has 4 rings (SSSR count). The van der Waals surface area contributed by atoms with E-state index in [2.05, 4.69) is 33.8 Å². The number of hydrogen-bond donors (Lipinski definition) is 0. The summed E-state index contributed by atoms with van der Waals surface area (Å²) in [5, 5.41) is 11.6. The van der Waals surface area contributed by atoms with Crippen LogP contribution in [0.1, 0.15) is 89.1 Å². The second-order valence-electron chi connectivity index (χ2n) is 10.6. The lowest BCUT2D eigenvalue weighted by molar-refractivity contribution is -0.255. The topological polar surface area (TPSA) is 66.4 Å². The van der Waals surface area contributed by atoms with Crippen molar-refractivity contribution >= 4 is 11.9 Å². The highest BCUT2D eigenvalue weighted by molar-refractivity contribution is 5.93. The van der Waals surface area contributed by atoms with Gasteiger partial charge in [-0.15, -0.1) is 0 Å². The van der Waals surface area contributed by atoms with Crippen molar-refractivity contribution in [2.24, 2.45) is 0 Å². The molecular weight excluding hydrogens is 424 g/mol. The van der Waals surface area contributed by atoms with Crippen molar-refractivity contribution in [2.75, 3.05) is 0 Å². The highest BCUT2D eigenvalue weighted by Crippen LogP contribution is 2.46. The van der Waals surface area contributed by atoms with Crippen molar-refractivity contribution < 1.29 is 19.4 Å². The van der Waals surface area contributed by atoms with Gasteiger partial charge in [0.2, 0.25) is 0 Å². The number of carboxylic acid groups (broad SMARTS) is 1. The third-order valence-electron chi connectivity index (χ3n) is 7.16. The molecule has 176 valence electrons. The van der Waals surface area contributed by atoms with Crippen LogP contribution >= 0.6 is 0 Å². The Hall–Kier alpha value is -3.40. The standard InChI is InChI=1S/C30H32O4/c1-19-15-25-26(30(4,5)14-13-29(25,2)3)18-24(19)28(33)34-22-11-12-23(27(31)32)21(17-22)16-20-9-7-6-8-10-20/h6-12,15,17-18H,13-14,16H2,1-5H3,(H,31,32)/p-1. The zero-order chi connectivity index (χ0) is 24.7. The molecule has 0 saturated heterocycles. The summed E-state index contributed by atoms with van der Waals surface area (Å²) in [4.78, 5) is 24.9. The van der Waals surface area contributed by atoms with E-state index in [1.165, 1.54) is 23.3 Å². The number of rotatable bonds is 5. The predicted molar refractivity (Wildman–Crippen MR) is 131 cm³/mol. The van der Waals surface area contributed by atoms with Crippen LogP contribution in [0.25, 0.3) is 0 Å². The molecule has 0 N–H and O–H groups in total. The van der Waals surface area contributed by atoms with Gasteiger partial charge in [0.15, 0.2) is 0 Å². The van der Waals surface area contributed by atoms with E-state index in [4.69, 9.17) is 4.74 Å². The Morgan fingerprint density at radius 1 is 0.853 bits per heavy atom. The van der Waals surface area contributed by atoms with Crippen LogP contribution in [-0.2, 0) is 17.3 Å². The lowest BCUT2D eigenvalue weighted by Crippen LogP contribution is -2.34. The van der Waals surface area contributed by atoms with Crippen molar-refractivity contribution in [3.05, 3.63) is 99.6 Å². The Morgan fingerprint density at radius 2 is 1.47 bits per heavy atom. The Balaban J connectivity index is 1.67. The Bertz CT molecular complexity index is 1250. The number of aromatic carboxylic acids is 1. The van der Waals surface area contributed by atoms with Crippen LogP contribution in [0, 0.1) is 6.92 Å². The van der Waals surface area contributed by atoms with Crippen molar-refractivity contribution in [3.8, 4) is 5.75 Å². The maximum atomic E-state index is 13.2. The Morgan fingerprint density at radius 3 is 2.09 bits per heavy atom. The lowest BCUT2D eigenvalue weighted by atomic mass is 9.62. The van der Waals surface area contributed by atoms with Crippen LogP contribution in [0.2, 0.25) is 0 Å². The maximum Gasteiger partial charge on any atom is 0.343 e. The molecule has 0 radical (unpaired) electrons. The molecule has 4 nitrogen and oxygen atoms in total. The van der Waals surface area contributed by atoms with Crippen molar-refractivity contribution in [1.82, 2.24) is 0 Å². The Kier molecular flexibility index (Phi) is 6.11. The summed E-state index contributed by atoms with van der Waals surface area (Å²) in [5.74, 6) is -1.37. The van der Waals surface area contributed by atoms with Crippen LogP contribution in [0.15, 0.2) is 60.7 Å². The highest BCUT2D eigenvalue weighted by atomic mass is 16.5. The average molecular weight is 456 g/mol. The number of fused-ring (bicyclic) bond motifs is 1. The van der Waals surface area contributed by atoms with Gasteiger partial charge in [0, 0.05) is 5.56 Å². The first-order chi connectivity index (χ1) is 16.0. The van der Waals surface area contributed by atoms with Crippen LogP contribution in [0.4, 0.5) is 0 Å². The second-order valence-corrected chi connectivity index (χ2v) is 10.6. The van der Waals surface area contributed by atoms with E-state index in [0.29, 0.717) is 23.3 Å². The first kappa shape index (κ1) is 23.7. The van der Waals surface area contributed by atoms with E-state index < -0.39 is 11.9 Å². The summed E-state index contributed by atoms with van der Waals surface area (Å²) >= 11 is 0. The molecule has 0 unspecified atom stereocenters. The van der Waals surface area contributed by atoms with Gasteiger partial charge in [-0.25, -0.2) is 4.79 Å². The van der Waals surface area contributed by atoms with Crippen LogP contribution in [0.5, 0.6) is 5.75 Å². The fourth-order valence-electron chi connectivity index (χ4n) is 4.90. The number of carbonyl (C=O) groups is 2. The molecule has 0 heterocycles. The predicted octanol–water partition coefficient (Wildman–Crippen LogP) is 5.52. The van der Waals surface area contributed by atoms with Gasteiger partial charge in [-0.2, -0.15) is 0 Å². The molecule has 0 fully saturated rings. The summed E-state index contributed by atoms with van der Waals surface area (Å²) in [5.41, 5.74) is 5.55. The third kappa shape index (κ3) is 4.63. The Labute approximate surface area is 201 Å². The smallest absolute Gasteiger partial charge is 0.343 e. The van der Waals surface area contributed by atoms with E-state index >= 15 is 0 Å². The first-order valence-electron chi connectivity index (χ1n) is 11.7. The number of benzene rings is 3. The fraction of sp³-hybridized carbons (Fsp3) is 0.333. The number of carboxylic acids is 1. The molecule has 0 spiro atoms. The summed E-state index contributed by atoms with van der Waals surface area (Å²) in [7, 11) is 0. The van der Waals surface area contributed by atoms with Gasteiger partial charge >= 0.3 is 5.97 Å². The fourth-order valence-corrected chi connectivity index (χ4v) is 4.90. The van der Waals surface area contributed by atoms with Crippen molar-refractivity contribution in [2.45, 2.75) is 64.7 Å². The van der Waals surface area contributed by atoms with Gasteiger partial charge in [-0.1, -0.05) is 64.1 Å². The molecule has 1 aliphatic rings. The van der Waals surface area contributed by atoms with E-state index in [-0.39, 0.29) is 16.4 Å². The van der Waals surface area contributed by atoms with Gasteiger partial charge in [-0.05, 0) is 89.1 Å². The first-order valence-corrected chi connectivity index (χ1v) is 11.7. The molecule has 3 aromatic rings. The molecule has 4 heteroatoms. The van der Waals surface area contributed by atoms with Crippen LogP contribution < -0.4 is 9.84 Å². The van der Waals surface area contributed by atoms with E-state index in [1.807, 2.05) is 43.3 Å². The van der Waals surface area contributed by atoms with Gasteiger partial charge in [-0.3, -0.25) is 0 Å². The van der Waals surface area contributed by atoms with E-state index in [1.54, 1.807) is 6.07 Å². The number of carbonyl (C=O) groups excluding carboxylic acids is 2. The third-order valence-corrected chi connectivity index (χ3v) is 7.16. The minimum Gasteiger partial charge on any atom is -0.545 e. The summed E-state index contributed by atoms with van der Waals surface area (Å²) in [6, 6.07) is 18.3. The summed E-state index contributed by atoms with van der Waals surface area (Å²) < 4.78 is 5.75. The number of esters is 1. The molecule has 34 heavy (non-hydrogen) atoms. The van der Waals surface area contributed by atoms with Crippen molar-refractivity contribution in [3.63, 3.8) is 0 Å². The van der Waals surface area contributed by atoms with Gasteiger partial charge in [0.05, 0.1) is 11.5 Å². The van der Waals surface area contributed by atoms with Gasteiger partial charge in [0.1, 0.15) is 5.75 Å². The molecule has 0 saturated carbocycles. The minimum atomic E-state index is -1.25. The molecule has 1 aliphatic carbocycles.